The van der Waals surface area contributed by atoms with Gasteiger partial charge in [-0.1, -0.05) is 19.9 Å². The maximum Gasteiger partial charge on any atom is 0.126 e. The minimum Gasteiger partial charge on any atom is -0.383 e. The lowest BCUT2D eigenvalue weighted by Crippen LogP contribution is -2.23. The van der Waals surface area contributed by atoms with E-state index < -0.39 is 0 Å². The number of pyridine rings is 1. The Morgan fingerprint density at radius 1 is 1.50 bits per heavy atom. The third-order valence-corrected chi connectivity index (χ3v) is 2.63. The Morgan fingerprint density at radius 3 is 2.94 bits per heavy atom. The van der Waals surface area contributed by atoms with Gasteiger partial charge >= 0.3 is 0 Å². The van der Waals surface area contributed by atoms with E-state index >= 15 is 0 Å². The summed E-state index contributed by atoms with van der Waals surface area (Å²) in [7, 11) is 0. The number of nitrogens with zero attached hydrogens (tertiary/aromatic N) is 1. The van der Waals surface area contributed by atoms with Crippen molar-refractivity contribution in [2.24, 2.45) is 5.92 Å². The van der Waals surface area contributed by atoms with E-state index in [9.17, 15) is 0 Å². The summed E-state index contributed by atoms with van der Waals surface area (Å²) in [5.41, 5.74) is 8.21. The van der Waals surface area contributed by atoms with Crippen molar-refractivity contribution in [2.75, 3.05) is 18.8 Å². The number of aryl methyl sites for hydroxylation is 1. The standard InChI is InChI=1S/C13H23N3/c1-4-5-15-8-10(2)6-12-7-11(3)9-16-13(12)14/h7,9-10,15H,4-6,8H2,1-3H3,(H2,14,16). The third-order valence-electron chi connectivity index (χ3n) is 2.63. The molecule has 0 spiro atoms. The van der Waals surface area contributed by atoms with Gasteiger partial charge in [-0.25, -0.2) is 4.98 Å². The number of nitrogen functional groups attached to an aromatic ring is 1. The molecule has 0 fully saturated rings. The molecule has 90 valence electrons. The summed E-state index contributed by atoms with van der Waals surface area (Å²) in [6.07, 6.45) is 4.00. The molecule has 1 rings (SSSR count). The van der Waals surface area contributed by atoms with E-state index in [1.165, 1.54) is 17.5 Å². The maximum absolute atomic E-state index is 5.86. The van der Waals surface area contributed by atoms with Gasteiger partial charge in [-0.05, 0) is 49.9 Å². The summed E-state index contributed by atoms with van der Waals surface area (Å²) in [4.78, 5) is 4.19. The number of anilines is 1. The van der Waals surface area contributed by atoms with Crippen LogP contribution in [0.25, 0.3) is 0 Å². The van der Waals surface area contributed by atoms with Gasteiger partial charge < -0.3 is 11.1 Å². The molecule has 3 N–H and O–H groups in total. The van der Waals surface area contributed by atoms with Gasteiger partial charge in [0.15, 0.2) is 0 Å². The van der Waals surface area contributed by atoms with Crippen LogP contribution in [-0.4, -0.2) is 18.1 Å². The zero-order valence-corrected chi connectivity index (χ0v) is 10.6. The molecule has 1 aromatic rings. The van der Waals surface area contributed by atoms with Crippen molar-refractivity contribution >= 4 is 5.82 Å². The summed E-state index contributed by atoms with van der Waals surface area (Å²) in [5.74, 6) is 1.27. The average Bonchev–Trinajstić information content (AvgIpc) is 2.24. The first kappa shape index (κ1) is 13.0. The Balaban J connectivity index is 2.48. The van der Waals surface area contributed by atoms with E-state index in [2.05, 4.69) is 37.1 Å². The largest absolute Gasteiger partial charge is 0.383 e. The molecule has 0 bridgehead atoms. The molecule has 0 amide bonds. The van der Waals surface area contributed by atoms with Crippen molar-refractivity contribution in [1.29, 1.82) is 0 Å². The molecule has 0 aliphatic rings. The summed E-state index contributed by atoms with van der Waals surface area (Å²) < 4.78 is 0. The SMILES string of the molecule is CCCNCC(C)Cc1cc(C)cnc1N. The molecule has 0 saturated heterocycles. The summed E-state index contributed by atoms with van der Waals surface area (Å²) in [6, 6.07) is 2.14. The molecule has 0 saturated carbocycles. The second kappa shape index (κ2) is 6.48. The molecular weight excluding hydrogens is 198 g/mol. The highest BCUT2D eigenvalue weighted by Gasteiger charge is 2.07. The van der Waals surface area contributed by atoms with Crippen molar-refractivity contribution in [3.8, 4) is 0 Å². The number of nitrogens with one attached hydrogen (secondary N) is 1. The highest BCUT2D eigenvalue weighted by Crippen LogP contribution is 2.15. The molecule has 0 aliphatic heterocycles. The fraction of sp³-hybridized carbons (Fsp3) is 0.615. The Kier molecular flexibility index (Phi) is 5.26. The molecule has 1 atom stereocenters. The van der Waals surface area contributed by atoms with Crippen LogP contribution >= 0.6 is 0 Å². The number of hydrogen-bond acceptors (Lipinski definition) is 3. The first-order valence-corrected chi connectivity index (χ1v) is 6.05. The smallest absolute Gasteiger partial charge is 0.126 e. The van der Waals surface area contributed by atoms with Crippen molar-refractivity contribution in [2.45, 2.75) is 33.6 Å². The monoisotopic (exact) mass is 221 g/mol. The van der Waals surface area contributed by atoms with Gasteiger partial charge in [0.2, 0.25) is 0 Å². The summed E-state index contributed by atoms with van der Waals surface area (Å²) in [5, 5.41) is 3.43. The predicted octanol–water partition coefficient (Wildman–Crippen LogP) is 2.15. The van der Waals surface area contributed by atoms with Crippen LogP contribution in [0.2, 0.25) is 0 Å². The van der Waals surface area contributed by atoms with E-state index in [0.29, 0.717) is 11.7 Å². The first-order valence-electron chi connectivity index (χ1n) is 6.05. The normalized spacial score (nSPS) is 12.7. The fourth-order valence-electron chi connectivity index (χ4n) is 1.78. The van der Waals surface area contributed by atoms with Gasteiger partial charge in [-0.2, -0.15) is 0 Å². The zero-order valence-electron chi connectivity index (χ0n) is 10.6. The Hall–Kier alpha value is -1.09. The molecule has 1 unspecified atom stereocenters. The van der Waals surface area contributed by atoms with Gasteiger partial charge in [-0.15, -0.1) is 0 Å². The van der Waals surface area contributed by atoms with Crippen LogP contribution in [0, 0.1) is 12.8 Å². The van der Waals surface area contributed by atoms with E-state index in [1.54, 1.807) is 0 Å². The van der Waals surface area contributed by atoms with Crippen LogP contribution < -0.4 is 11.1 Å². The summed E-state index contributed by atoms with van der Waals surface area (Å²) >= 11 is 0. The molecule has 16 heavy (non-hydrogen) atoms. The molecule has 3 nitrogen and oxygen atoms in total. The van der Waals surface area contributed by atoms with Gasteiger partial charge in [0.05, 0.1) is 0 Å². The highest BCUT2D eigenvalue weighted by molar-refractivity contribution is 5.40. The lowest BCUT2D eigenvalue weighted by atomic mass is 10.0. The van der Waals surface area contributed by atoms with Crippen molar-refractivity contribution in [3.63, 3.8) is 0 Å². The third kappa shape index (κ3) is 4.19. The number of nitrogens with two attached hydrogens (primary N) is 1. The number of hydrogen-bond donors (Lipinski definition) is 2. The molecule has 1 heterocycles. The quantitative estimate of drug-likeness (QED) is 0.724. The minimum absolute atomic E-state index is 0.595. The second-order valence-corrected chi connectivity index (χ2v) is 4.57. The van der Waals surface area contributed by atoms with E-state index in [1.807, 2.05) is 6.20 Å². The van der Waals surface area contributed by atoms with E-state index in [-0.39, 0.29) is 0 Å². The second-order valence-electron chi connectivity index (χ2n) is 4.57. The molecule has 1 aromatic heterocycles. The maximum atomic E-state index is 5.86. The fourth-order valence-corrected chi connectivity index (χ4v) is 1.78. The highest BCUT2D eigenvalue weighted by atomic mass is 14.9. The molecule has 3 heteroatoms. The van der Waals surface area contributed by atoms with Gasteiger partial charge in [0.1, 0.15) is 5.82 Å². The van der Waals surface area contributed by atoms with Gasteiger partial charge in [0.25, 0.3) is 0 Å². The topological polar surface area (TPSA) is 50.9 Å². The van der Waals surface area contributed by atoms with Crippen LogP contribution in [-0.2, 0) is 6.42 Å². The zero-order chi connectivity index (χ0) is 12.0. The van der Waals surface area contributed by atoms with Crippen LogP contribution in [0.3, 0.4) is 0 Å². The van der Waals surface area contributed by atoms with Crippen LogP contribution in [0.1, 0.15) is 31.4 Å². The van der Waals surface area contributed by atoms with Crippen molar-refractivity contribution in [3.05, 3.63) is 23.4 Å². The van der Waals surface area contributed by atoms with Crippen molar-refractivity contribution < 1.29 is 0 Å². The average molecular weight is 221 g/mol. The lowest BCUT2D eigenvalue weighted by molar-refractivity contribution is 0.510. The number of aromatic nitrogens is 1. The lowest BCUT2D eigenvalue weighted by Gasteiger charge is -2.13. The van der Waals surface area contributed by atoms with Crippen LogP contribution in [0.5, 0.6) is 0 Å². The van der Waals surface area contributed by atoms with E-state index in [4.69, 9.17) is 5.73 Å². The van der Waals surface area contributed by atoms with Crippen LogP contribution in [0.4, 0.5) is 5.82 Å². The first-order chi connectivity index (χ1) is 7.63. The van der Waals surface area contributed by atoms with Gasteiger partial charge in [-0.3, -0.25) is 0 Å². The number of rotatable bonds is 6. The van der Waals surface area contributed by atoms with Crippen LogP contribution in [0.15, 0.2) is 12.3 Å². The van der Waals surface area contributed by atoms with Crippen molar-refractivity contribution in [1.82, 2.24) is 10.3 Å². The molecule has 0 radical (unpaired) electrons. The molecule has 0 aliphatic carbocycles. The molecule has 0 aromatic carbocycles. The minimum atomic E-state index is 0.595. The Labute approximate surface area is 98.5 Å². The Bertz CT molecular complexity index is 323. The molecular formula is C13H23N3. The predicted molar refractivity (Wildman–Crippen MR) is 69.4 cm³/mol. The Morgan fingerprint density at radius 2 is 2.25 bits per heavy atom. The van der Waals surface area contributed by atoms with E-state index in [0.717, 1.165) is 19.5 Å². The summed E-state index contributed by atoms with van der Waals surface area (Å²) in [6.45, 7) is 8.60. The van der Waals surface area contributed by atoms with Gasteiger partial charge in [0, 0.05) is 6.20 Å².